The smallest absolute Gasteiger partial charge is 0.328 e. The third kappa shape index (κ3) is 2.86. The minimum atomic E-state index is -0.852. The Balaban J connectivity index is 2.32. The fraction of sp³-hybridized carbons (Fsp3) is 0.0833. The van der Waals surface area contributed by atoms with Gasteiger partial charge >= 0.3 is 5.69 Å². The Morgan fingerprint density at radius 2 is 1.75 bits per heavy atom. The summed E-state index contributed by atoms with van der Waals surface area (Å²) in [5.41, 5.74) is -1.18. The first-order valence-corrected chi connectivity index (χ1v) is 5.55. The van der Waals surface area contributed by atoms with E-state index in [4.69, 9.17) is 0 Å². The van der Waals surface area contributed by atoms with E-state index in [0.717, 1.165) is 0 Å². The number of benzene rings is 1. The van der Waals surface area contributed by atoms with Crippen LogP contribution in [0.4, 0.5) is 11.4 Å². The van der Waals surface area contributed by atoms with Gasteiger partial charge in [-0.1, -0.05) is 0 Å². The van der Waals surface area contributed by atoms with E-state index in [0.29, 0.717) is 11.3 Å². The molecule has 0 aliphatic carbocycles. The van der Waals surface area contributed by atoms with Crippen molar-refractivity contribution in [3.8, 4) is 5.88 Å². The van der Waals surface area contributed by atoms with Crippen LogP contribution in [0.1, 0.15) is 17.3 Å². The second-order valence-corrected chi connectivity index (χ2v) is 3.91. The molecule has 0 aliphatic rings. The fourth-order valence-corrected chi connectivity index (χ4v) is 1.43. The van der Waals surface area contributed by atoms with Gasteiger partial charge in [-0.25, -0.2) is 4.79 Å². The maximum absolute atomic E-state index is 11.4. The highest BCUT2D eigenvalue weighted by atomic mass is 16.3. The van der Waals surface area contributed by atoms with Crippen molar-refractivity contribution in [2.45, 2.75) is 6.92 Å². The van der Waals surface area contributed by atoms with Crippen LogP contribution in [0.25, 0.3) is 0 Å². The van der Waals surface area contributed by atoms with Crippen molar-refractivity contribution in [2.75, 3.05) is 0 Å². The summed E-state index contributed by atoms with van der Waals surface area (Å²) in [4.78, 5) is 37.2. The van der Waals surface area contributed by atoms with Crippen molar-refractivity contribution in [1.82, 2.24) is 9.97 Å². The number of ketones is 1. The first-order chi connectivity index (χ1) is 9.47. The lowest BCUT2D eigenvalue weighted by Crippen LogP contribution is -2.20. The number of hydrogen-bond donors (Lipinski definition) is 3. The molecular weight excluding hydrogens is 264 g/mol. The summed E-state index contributed by atoms with van der Waals surface area (Å²) in [6.45, 7) is 1.44. The molecule has 0 spiro atoms. The first-order valence-electron chi connectivity index (χ1n) is 5.55. The Bertz CT molecular complexity index is 786. The average Bonchev–Trinajstić information content (AvgIpc) is 2.38. The molecule has 1 aromatic heterocycles. The highest BCUT2D eigenvalue weighted by Gasteiger charge is 2.07. The lowest BCUT2D eigenvalue weighted by molar-refractivity contribution is 0.101. The fourth-order valence-electron chi connectivity index (χ4n) is 1.43. The van der Waals surface area contributed by atoms with Crippen molar-refractivity contribution in [3.05, 3.63) is 50.7 Å². The van der Waals surface area contributed by atoms with Crippen LogP contribution in [-0.2, 0) is 0 Å². The van der Waals surface area contributed by atoms with E-state index >= 15 is 0 Å². The Kier molecular flexibility index (Phi) is 3.56. The average molecular weight is 274 g/mol. The molecule has 8 heteroatoms. The molecule has 0 aliphatic heterocycles. The Morgan fingerprint density at radius 1 is 1.10 bits per heavy atom. The van der Waals surface area contributed by atoms with Crippen molar-refractivity contribution in [1.29, 1.82) is 0 Å². The SMILES string of the molecule is CC(=O)c1ccc(N=Nc2c(O)[nH]c(=O)[nH]c2=O)cc1. The first kappa shape index (κ1) is 13.4. The molecular formula is C12H10N4O4. The molecule has 102 valence electrons. The Labute approximate surface area is 111 Å². The van der Waals surface area contributed by atoms with Crippen LogP contribution < -0.4 is 11.2 Å². The number of hydrogen-bond acceptors (Lipinski definition) is 6. The number of carbonyl (C=O) groups is 1. The molecule has 0 saturated carbocycles. The van der Waals surface area contributed by atoms with Gasteiger partial charge in [0, 0.05) is 5.56 Å². The molecule has 1 heterocycles. The predicted molar refractivity (Wildman–Crippen MR) is 70.0 cm³/mol. The largest absolute Gasteiger partial charge is 0.493 e. The molecule has 2 rings (SSSR count). The molecule has 0 unspecified atom stereocenters. The Hall–Kier alpha value is -3.03. The van der Waals surface area contributed by atoms with E-state index in [1.54, 1.807) is 12.1 Å². The van der Waals surface area contributed by atoms with Gasteiger partial charge in [-0.3, -0.25) is 19.6 Å². The van der Waals surface area contributed by atoms with Gasteiger partial charge in [0.25, 0.3) is 5.56 Å². The summed E-state index contributed by atoms with van der Waals surface area (Å²) in [5, 5.41) is 16.7. The third-order valence-electron chi connectivity index (χ3n) is 2.44. The minimum absolute atomic E-state index is 0.0804. The number of aromatic hydroxyl groups is 1. The van der Waals surface area contributed by atoms with Crippen LogP contribution in [0.3, 0.4) is 0 Å². The number of azo groups is 1. The van der Waals surface area contributed by atoms with Crippen molar-refractivity contribution < 1.29 is 9.90 Å². The maximum Gasteiger partial charge on any atom is 0.328 e. The minimum Gasteiger partial charge on any atom is -0.493 e. The van der Waals surface area contributed by atoms with Crippen LogP contribution in [0, 0.1) is 0 Å². The molecule has 0 bridgehead atoms. The summed E-state index contributed by atoms with van der Waals surface area (Å²) >= 11 is 0. The lowest BCUT2D eigenvalue weighted by Gasteiger charge is -1.97. The van der Waals surface area contributed by atoms with E-state index < -0.39 is 22.8 Å². The van der Waals surface area contributed by atoms with Gasteiger partial charge in [0.1, 0.15) is 0 Å². The molecule has 0 atom stereocenters. The van der Waals surface area contributed by atoms with Gasteiger partial charge in [0.05, 0.1) is 5.69 Å². The number of aromatic amines is 2. The second kappa shape index (κ2) is 5.31. The number of H-pyrrole nitrogens is 2. The van der Waals surface area contributed by atoms with Crippen molar-refractivity contribution in [3.63, 3.8) is 0 Å². The van der Waals surface area contributed by atoms with E-state index in [-0.39, 0.29) is 5.78 Å². The van der Waals surface area contributed by atoms with Gasteiger partial charge in [0.2, 0.25) is 11.6 Å². The Morgan fingerprint density at radius 3 is 2.30 bits per heavy atom. The van der Waals surface area contributed by atoms with Gasteiger partial charge in [0.15, 0.2) is 5.78 Å². The maximum atomic E-state index is 11.4. The van der Waals surface area contributed by atoms with Crippen molar-refractivity contribution in [2.24, 2.45) is 10.2 Å². The van der Waals surface area contributed by atoms with Crippen LogP contribution >= 0.6 is 0 Å². The summed E-state index contributed by atoms with van der Waals surface area (Å²) in [5.74, 6) is -0.744. The normalized spacial score (nSPS) is 10.8. The molecule has 0 saturated heterocycles. The molecule has 3 N–H and O–H groups in total. The molecule has 8 nitrogen and oxygen atoms in total. The lowest BCUT2D eigenvalue weighted by atomic mass is 10.1. The van der Waals surface area contributed by atoms with Gasteiger partial charge in [-0.2, -0.15) is 5.11 Å². The summed E-state index contributed by atoms with van der Waals surface area (Å²) in [7, 11) is 0. The summed E-state index contributed by atoms with van der Waals surface area (Å²) < 4.78 is 0. The van der Waals surface area contributed by atoms with E-state index in [1.165, 1.54) is 19.1 Å². The third-order valence-corrected chi connectivity index (χ3v) is 2.44. The van der Waals surface area contributed by atoms with Crippen LogP contribution in [-0.4, -0.2) is 20.9 Å². The van der Waals surface area contributed by atoms with Crippen molar-refractivity contribution >= 4 is 17.2 Å². The monoisotopic (exact) mass is 274 g/mol. The summed E-state index contributed by atoms with van der Waals surface area (Å²) in [6, 6.07) is 6.20. The number of aromatic nitrogens is 2. The highest BCUT2D eigenvalue weighted by Crippen LogP contribution is 2.20. The van der Waals surface area contributed by atoms with E-state index in [9.17, 15) is 19.5 Å². The van der Waals surface area contributed by atoms with Crippen LogP contribution in [0.15, 0.2) is 44.1 Å². The van der Waals surface area contributed by atoms with Gasteiger partial charge in [-0.15, -0.1) is 5.11 Å². The zero-order valence-electron chi connectivity index (χ0n) is 10.4. The standard InChI is InChI=1S/C12H10N4O4/c1-6(17)7-2-4-8(5-3-7)15-16-9-10(18)13-12(20)14-11(9)19/h2-5H,1H3,(H3,13,14,18,19,20). The molecule has 0 radical (unpaired) electrons. The van der Waals surface area contributed by atoms with E-state index in [2.05, 4.69) is 10.2 Å². The van der Waals surface area contributed by atoms with Gasteiger partial charge in [-0.05, 0) is 31.2 Å². The zero-order chi connectivity index (χ0) is 14.7. The molecule has 1 aromatic carbocycles. The predicted octanol–water partition coefficient (Wildman–Crippen LogP) is 1.39. The molecule has 20 heavy (non-hydrogen) atoms. The number of nitrogens with one attached hydrogen (secondary N) is 2. The topological polar surface area (TPSA) is 128 Å². The van der Waals surface area contributed by atoms with E-state index in [1.807, 2.05) is 9.97 Å². The number of rotatable bonds is 3. The van der Waals surface area contributed by atoms with Gasteiger partial charge < -0.3 is 5.11 Å². The van der Waals surface area contributed by atoms with Crippen LogP contribution in [0.2, 0.25) is 0 Å². The second-order valence-electron chi connectivity index (χ2n) is 3.91. The number of nitrogens with zero attached hydrogens (tertiary/aromatic N) is 2. The quantitative estimate of drug-likeness (QED) is 0.577. The zero-order valence-corrected chi connectivity index (χ0v) is 10.4. The summed E-state index contributed by atoms with van der Waals surface area (Å²) in [6.07, 6.45) is 0. The highest BCUT2D eigenvalue weighted by molar-refractivity contribution is 5.94. The molecule has 2 aromatic rings. The van der Waals surface area contributed by atoms with Crippen LogP contribution in [0.5, 0.6) is 5.88 Å². The molecule has 0 amide bonds. The number of carbonyl (C=O) groups excluding carboxylic acids is 1. The number of Topliss-reactive ketones (excluding diaryl/α,β-unsaturated/α-hetero) is 1. The molecule has 0 fully saturated rings.